The van der Waals surface area contributed by atoms with E-state index in [-0.39, 0.29) is 11.1 Å². The fourth-order valence-corrected chi connectivity index (χ4v) is 5.64. The van der Waals surface area contributed by atoms with E-state index in [1.54, 1.807) is 6.07 Å². The Morgan fingerprint density at radius 2 is 1.69 bits per heavy atom. The molecule has 2 aromatic carbocycles. The predicted octanol–water partition coefficient (Wildman–Crippen LogP) is 3.92. The van der Waals surface area contributed by atoms with Crippen molar-refractivity contribution in [1.29, 1.82) is 0 Å². The molecule has 3 rings (SSSR count). The van der Waals surface area contributed by atoms with Crippen LogP contribution in [0.15, 0.2) is 47.4 Å². The summed E-state index contributed by atoms with van der Waals surface area (Å²) in [5.41, 5.74) is 3.03. The number of hydrogen-bond donors (Lipinski definition) is 0. The molecule has 0 atom stereocenters. The highest BCUT2D eigenvalue weighted by Crippen LogP contribution is 2.27. The molecule has 0 aliphatic carbocycles. The second-order valence-corrected chi connectivity index (χ2v) is 9.43. The van der Waals surface area contributed by atoms with Gasteiger partial charge in [-0.1, -0.05) is 29.8 Å². The number of halogens is 1. The Morgan fingerprint density at radius 1 is 1.04 bits per heavy atom. The van der Waals surface area contributed by atoms with Gasteiger partial charge in [-0.3, -0.25) is 0 Å². The fraction of sp³-hybridized carbons (Fsp3) is 0.429. The Bertz CT molecular complexity index is 854. The number of benzene rings is 2. The highest BCUT2D eigenvalue weighted by atomic mass is 32.2. The summed E-state index contributed by atoms with van der Waals surface area (Å²) in [6.07, 6.45) is 2.19. The number of aryl methyl sites for hydroxylation is 2. The third kappa shape index (κ3) is 4.33. The fourth-order valence-electron chi connectivity index (χ4n) is 3.68. The molecule has 0 bridgehead atoms. The van der Waals surface area contributed by atoms with Crippen molar-refractivity contribution in [3.63, 3.8) is 0 Å². The number of likely N-dealkylation sites (tertiary alicyclic amines) is 1. The first-order chi connectivity index (χ1) is 12.4. The first kappa shape index (κ1) is 19.1. The van der Waals surface area contributed by atoms with Gasteiger partial charge in [0, 0.05) is 6.54 Å². The molecular weight excluding hydrogens is 349 g/mol. The molecule has 0 unspecified atom stereocenters. The van der Waals surface area contributed by atoms with Crippen LogP contribution in [0.1, 0.15) is 29.5 Å². The van der Waals surface area contributed by atoms with Crippen molar-refractivity contribution in [3.8, 4) is 0 Å². The predicted molar refractivity (Wildman–Crippen MR) is 103 cm³/mol. The van der Waals surface area contributed by atoms with E-state index in [2.05, 4.69) is 4.90 Å². The van der Waals surface area contributed by atoms with Crippen LogP contribution >= 0.6 is 0 Å². The lowest BCUT2D eigenvalue weighted by Gasteiger charge is -2.32. The van der Waals surface area contributed by atoms with E-state index in [4.69, 9.17) is 0 Å². The van der Waals surface area contributed by atoms with Gasteiger partial charge in [-0.05, 0) is 75.5 Å². The zero-order chi connectivity index (χ0) is 18.7. The van der Waals surface area contributed by atoms with E-state index in [9.17, 15) is 12.8 Å². The molecule has 0 radical (unpaired) electrons. The van der Waals surface area contributed by atoms with Gasteiger partial charge in [0.15, 0.2) is 9.84 Å². The smallest absolute Gasteiger partial charge is 0.181 e. The normalized spacial score (nSPS) is 16.7. The standard InChI is InChI=1S/C21H26FNO2S/c1-16-3-8-21(17(2)15-16)26(24,25)20-10-13-23(14-11-20)12-9-18-4-6-19(22)7-5-18/h3-8,15,20H,9-14H2,1-2H3. The lowest BCUT2D eigenvalue weighted by atomic mass is 10.1. The van der Waals surface area contributed by atoms with Crippen LogP contribution in [0.2, 0.25) is 0 Å². The van der Waals surface area contributed by atoms with Gasteiger partial charge in [-0.2, -0.15) is 0 Å². The molecular formula is C21H26FNO2S. The minimum atomic E-state index is -3.27. The first-order valence-electron chi connectivity index (χ1n) is 9.14. The lowest BCUT2D eigenvalue weighted by molar-refractivity contribution is 0.232. The highest BCUT2D eigenvalue weighted by molar-refractivity contribution is 7.92. The molecule has 5 heteroatoms. The molecule has 1 fully saturated rings. The summed E-state index contributed by atoms with van der Waals surface area (Å²) in [5.74, 6) is -0.217. The summed E-state index contributed by atoms with van der Waals surface area (Å²) in [7, 11) is -3.27. The maximum absolute atomic E-state index is 13.0. The van der Waals surface area contributed by atoms with Crippen LogP contribution in [0.25, 0.3) is 0 Å². The number of hydrogen-bond acceptors (Lipinski definition) is 3. The molecule has 2 aromatic rings. The molecule has 0 amide bonds. The van der Waals surface area contributed by atoms with Crippen LogP contribution in [0, 0.1) is 19.7 Å². The molecule has 0 N–H and O–H groups in total. The first-order valence-corrected chi connectivity index (χ1v) is 10.7. The zero-order valence-corrected chi connectivity index (χ0v) is 16.2. The topological polar surface area (TPSA) is 37.4 Å². The summed E-state index contributed by atoms with van der Waals surface area (Å²) >= 11 is 0. The number of rotatable bonds is 5. The molecule has 1 saturated heterocycles. The summed E-state index contributed by atoms with van der Waals surface area (Å²) in [5, 5.41) is -0.300. The van der Waals surface area contributed by atoms with Gasteiger partial charge in [-0.15, -0.1) is 0 Å². The molecule has 1 aliphatic heterocycles. The number of sulfone groups is 1. The van der Waals surface area contributed by atoms with Gasteiger partial charge in [0.1, 0.15) is 5.82 Å². The van der Waals surface area contributed by atoms with E-state index >= 15 is 0 Å². The monoisotopic (exact) mass is 375 g/mol. The maximum atomic E-state index is 13.0. The SMILES string of the molecule is Cc1ccc(S(=O)(=O)C2CCN(CCc3ccc(F)cc3)CC2)c(C)c1. The Balaban J connectivity index is 1.58. The quantitative estimate of drug-likeness (QED) is 0.795. The summed E-state index contributed by atoms with van der Waals surface area (Å²) in [6, 6.07) is 12.2. The molecule has 1 heterocycles. The number of nitrogens with zero attached hydrogens (tertiary/aromatic N) is 1. The molecule has 140 valence electrons. The van der Waals surface area contributed by atoms with Crippen LogP contribution in [0.5, 0.6) is 0 Å². The van der Waals surface area contributed by atoms with Gasteiger partial charge >= 0.3 is 0 Å². The van der Waals surface area contributed by atoms with Crippen molar-refractivity contribution in [2.75, 3.05) is 19.6 Å². The van der Waals surface area contributed by atoms with E-state index in [0.717, 1.165) is 42.7 Å². The van der Waals surface area contributed by atoms with Crippen LogP contribution in [-0.2, 0) is 16.3 Å². The van der Waals surface area contributed by atoms with Crippen LogP contribution < -0.4 is 0 Å². The highest BCUT2D eigenvalue weighted by Gasteiger charge is 2.32. The molecule has 1 aliphatic rings. The van der Waals surface area contributed by atoms with Crippen molar-refractivity contribution >= 4 is 9.84 Å². The Labute approximate surface area is 155 Å². The van der Waals surface area contributed by atoms with Crippen molar-refractivity contribution in [2.45, 2.75) is 43.3 Å². The van der Waals surface area contributed by atoms with E-state index in [0.29, 0.717) is 17.7 Å². The minimum absolute atomic E-state index is 0.217. The molecule has 0 saturated carbocycles. The van der Waals surface area contributed by atoms with E-state index in [1.807, 2.05) is 38.1 Å². The largest absolute Gasteiger partial charge is 0.303 e. The second kappa shape index (κ2) is 7.89. The summed E-state index contributed by atoms with van der Waals surface area (Å²) in [4.78, 5) is 2.78. The van der Waals surface area contributed by atoms with Gasteiger partial charge in [0.25, 0.3) is 0 Å². The van der Waals surface area contributed by atoms with Crippen molar-refractivity contribution in [1.82, 2.24) is 4.90 Å². The van der Waals surface area contributed by atoms with E-state index < -0.39 is 9.84 Å². The van der Waals surface area contributed by atoms with Crippen LogP contribution in [-0.4, -0.2) is 38.2 Å². The summed E-state index contributed by atoms with van der Waals surface area (Å²) in [6.45, 7) is 6.30. The third-order valence-corrected chi connectivity index (χ3v) is 7.66. The van der Waals surface area contributed by atoms with Gasteiger partial charge in [0.2, 0.25) is 0 Å². The zero-order valence-electron chi connectivity index (χ0n) is 15.4. The van der Waals surface area contributed by atoms with Crippen LogP contribution in [0.3, 0.4) is 0 Å². The summed E-state index contributed by atoms with van der Waals surface area (Å²) < 4.78 is 38.9. The van der Waals surface area contributed by atoms with Crippen molar-refractivity contribution in [3.05, 3.63) is 65.0 Å². The van der Waals surface area contributed by atoms with Gasteiger partial charge in [-0.25, -0.2) is 12.8 Å². The Hall–Kier alpha value is -1.72. The average molecular weight is 376 g/mol. The van der Waals surface area contributed by atoms with E-state index in [1.165, 1.54) is 12.1 Å². The second-order valence-electron chi connectivity index (χ2n) is 7.23. The van der Waals surface area contributed by atoms with Crippen molar-refractivity contribution in [2.24, 2.45) is 0 Å². The van der Waals surface area contributed by atoms with Gasteiger partial charge in [0.05, 0.1) is 10.1 Å². The molecule has 0 spiro atoms. The van der Waals surface area contributed by atoms with Crippen LogP contribution in [0.4, 0.5) is 4.39 Å². The molecule has 26 heavy (non-hydrogen) atoms. The Kier molecular flexibility index (Phi) is 5.78. The average Bonchev–Trinajstić information content (AvgIpc) is 2.61. The third-order valence-electron chi connectivity index (χ3n) is 5.24. The number of piperidine rings is 1. The molecule has 0 aromatic heterocycles. The Morgan fingerprint density at radius 3 is 2.31 bits per heavy atom. The minimum Gasteiger partial charge on any atom is -0.303 e. The van der Waals surface area contributed by atoms with Crippen molar-refractivity contribution < 1.29 is 12.8 Å². The van der Waals surface area contributed by atoms with Gasteiger partial charge < -0.3 is 4.90 Å². The lowest BCUT2D eigenvalue weighted by Crippen LogP contribution is -2.40. The molecule has 3 nitrogen and oxygen atoms in total. The maximum Gasteiger partial charge on any atom is 0.181 e.